The molecule has 2 rings (SSSR count). The molecule has 0 saturated carbocycles. The Kier molecular flexibility index (Phi) is 4.29. The molecule has 1 aromatic carbocycles. The normalized spacial score (nSPS) is 15.5. The number of piperidine rings is 1. The first-order valence-electron chi connectivity index (χ1n) is 6.43. The highest BCUT2D eigenvalue weighted by Gasteiger charge is 2.16. The lowest BCUT2D eigenvalue weighted by Gasteiger charge is -2.29. The van der Waals surface area contributed by atoms with Gasteiger partial charge in [0.25, 0.3) is 5.69 Å². The van der Waals surface area contributed by atoms with Crippen LogP contribution in [0.1, 0.15) is 24.8 Å². The van der Waals surface area contributed by atoms with E-state index >= 15 is 0 Å². The Hall–Kier alpha value is -2.44. The number of non-ortho nitro benzene ring substituents is 1. The van der Waals surface area contributed by atoms with Crippen LogP contribution in [-0.4, -0.2) is 22.9 Å². The van der Waals surface area contributed by atoms with Crippen LogP contribution >= 0.6 is 0 Å². The minimum absolute atomic E-state index is 0.0613. The molecule has 0 unspecified atom stereocenters. The van der Waals surface area contributed by atoms with Gasteiger partial charge in [0.05, 0.1) is 9.85 Å². The van der Waals surface area contributed by atoms with Gasteiger partial charge in [0.15, 0.2) is 0 Å². The van der Waals surface area contributed by atoms with E-state index in [1.165, 1.54) is 24.6 Å². The number of nitrogens with zero attached hydrogens (tertiary/aromatic N) is 3. The van der Waals surface area contributed by atoms with E-state index in [9.17, 15) is 20.2 Å². The average molecular weight is 277 g/mol. The summed E-state index contributed by atoms with van der Waals surface area (Å²) in [6, 6.07) is 4.49. The zero-order valence-corrected chi connectivity index (χ0v) is 10.9. The molecule has 0 atom stereocenters. The Balaban J connectivity index is 2.38. The predicted octanol–water partition coefficient (Wildman–Crippen LogP) is 2.83. The molecule has 1 fully saturated rings. The molecule has 0 aliphatic carbocycles. The van der Waals surface area contributed by atoms with Crippen LogP contribution in [0.25, 0.3) is 6.08 Å². The number of benzene rings is 1. The van der Waals surface area contributed by atoms with Gasteiger partial charge in [-0.25, -0.2) is 0 Å². The highest BCUT2D eigenvalue weighted by molar-refractivity contribution is 5.70. The molecule has 0 radical (unpaired) electrons. The molecular weight excluding hydrogens is 262 g/mol. The molecule has 7 heteroatoms. The van der Waals surface area contributed by atoms with Crippen LogP contribution in [0.5, 0.6) is 0 Å². The molecule has 1 aliphatic heterocycles. The van der Waals surface area contributed by atoms with Gasteiger partial charge in [-0.15, -0.1) is 0 Å². The van der Waals surface area contributed by atoms with E-state index in [0.717, 1.165) is 37.8 Å². The minimum Gasteiger partial charge on any atom is -0.371 e. The van der Waals surface area contributed by atoms with Crippen molar-refractivity contribution in [1.29, 1.82) is 0 Å². The molecule has 0 aromatic heterocycles. The third-order valence-electron chi connectivity index (χ3n) is 3.29. The van der Waals surface area contributed by atoms with Gasteiger partial charge in [0.1, 0.15) is 0 Å². The highest BCUT2D eigenvalue weighted by atomic mass is 16.6. The Morgan fingerprint density at radius 1 is 1.10 bits per heavy atom. The molecule has 1 aliphatic rings. The summed E-state index contributed by atoms with van der Waals surface area (Å²) in [6.45, 7) is 1.74. The molecule has 1 saturated heterocycles. The van der Waals surface area contributed by atoms with Crippen LogP contribution in [0.2, 0.25) is 0 Å². The monoisotopic (exact) mass is 277 g/mol. The van der Waals surface area contributed by atoms with Gasteiger partial charge in [0, 0.05) is 42.5 Å². The molecule has 0 N–H and O–H groups in total. The maximum Gasteiger partial charge on any atom is 0.270 e. The van der Waals surface area contributed by atoms with E-state index in [4.69, 9.17) is 0 Å². The van der Waals surface area contributed by atoms with Crippen molar-refractivity contribution in [2.75, 3.05) is 18.0 Å². The second-order valence-electron chi connectivity index (χ2n) is 4.65. The number of anilines is 1. The molecule has 20 heavy (non-hydrogen) atoms. The molecular formula is C13H15N3O4. The van der Waals surface area contributed by atoms with Crippen molar-refractivity contribution in [3.8, 4) is 0 Å². The Morgan fingerprint density at radius 2 is 1.80 bits per heavy atom. The van der Waals surface area contributed by atoms with Crippen molar-refractivity contribution < 1.29 is 9.85 Å². The SMILES string of the molecule is O=[N+]([O-])/C=C\c1cc([N+](=O)[O-])ccc1N1CCCCC1. The third-order valence-corrected chi connectivity index (χ3v) is 3.29. The average Bonchev–Trinajstić information content (AvgIpc) is 2.45. The van der Waals surface area contributed by atoms with Crippen molar-refractivity contribution in [3.05, 3.63) is 50.2 Å². The molecule has 7 nitrogen and oxygen atoms in total. The first-order valence-corrected chi connectivity index (χ1v) is 6.43. The molecule has 106 valence electrons. The quantitative estimate of drug-likeness (QED) is 0.623. The van der Waals surface area contributed by atoms with Gasteiger partial charge < -0.3 is 4.90 Å². The summed E-state index contributed by atoms with van der Waals surface area (Å²) in [5, 5.41) is 21.3. The molecule has 1 heterocycles. The van der Waals surface area contributed by atoms with Gasteiger partial charge in [-0.05, 0) is 25.3 Å². The third kappa shape index (κ3) is 3.31. The standard InChI is InChI=1S/C13H15N3O4/c17-15(18)9-6-11-10-12(16(19)20)4-5-13(11)14-7-2-1-3-8-14/h4-6,9-10H,1-3,7-8H2/b9-6-. The maximum absolute atomic E-state index is 10.8. The van der Waals surface area contributed by atoms with E-state index in [0.29, 0.717) is 5.56 Å². The first kappa shape index (κ1) is 14.0. The van der Waals surface area contributed by atoms with Gasteiger partial charge >= 0.3 is 0 Å². The molecule has 0 amide bonds. The van der Waals surface area contributed by atoms with E-state index in [2.05, 4.69) is 4.90 Å². The van der Waals surface area contributed by atoms with Gasteiger partial charge in [-0.1, -0.05) is 0 Å². The van der Waals surface area contributed by atoms with Crippen molar-refractivity contribution >= 4 is 17.5 Å². The number of hydrogen-bond donors (Lipinski definition) is 0. The zero-order valence-electron chi connectivity index (χ0n) is 10.9. The van der Waals surface area contributed by atoms with Gasteiger partial charge in [-0.3, -0.25) is 20.2 Å². The second-order valence-corrected chi connectivity index (χ2v) is 4.65. The topological polar surface area (TPSA) is 89.5 Å². The Morgan fingerprint density at radius 3 is 2.40 bits per heavy atom. The fraction of sp³-hybridized carbons (Fsp3) is 0.385. The summed E-state index contributed by atoms with van der Waals surface area (Å²) in [7, 11) is 0. The summed E-state index contributed by atoms with van der Waals surface area (Å²) in [5.41, 5.74) is 1.26. The molecule has 0 bridgehead atoms. The minimum atomic E-state index is -0.571. The van der Waals surface area contributed by atoms with Crippen LogP contribution in [-0.2, 0) is 0 Å². The lowest BCUT2D eigenvalue weighted by molar-refractivity contribution is -0.400. The van der Waals surface area contributed by atoms with Crippen molar-refractivity contribution in [1.82, 2.24) is 0 Å². The largest absolute Gasteiger partial charge is 0.371 e. The summed E-state index contributed by atoms with van der Waals surface area (Å²) in [6.07, 6.45) is 5.43. The first-order chi connectivity index (χ1) is 9.58. The van der Waals surface area contributed by atoms with E-state index in [1.54, 1.807) is 6.07 Å². The molecule has 0 spiro atoms. The predicted molar refractivity (Wildman–Crippen MR) is 75.2 cm³/mol. The zero-order chi connectivity index (χ0) is 14.5. The van der Waals surface area contributed by atoms with Crippen LogP contribution in [0.3, 0.4) is 0 Å². The van der Waals surface area contributed by atoms with Crippen LogP contribution in [0, 0.1) is 20.2 Å². The Bertz CT molecular complexity index is 551. The fourth-order valence-electron chi connectivity index (χ4n) is 2.35. The summed E-state index contributed by atoms with van der Waals surface area (Å²) < 4.78 is 0. The van der Waals surface area contributed by atoms with Crippen LogP contribution in [0.15, 0.2) is 24.4 Å². The van der Waals surface area contributed by atoms with E-state index in [1.807, 2.05) is 0 Å². The Labute approximate surface area is 115 Å². The highest BCUT2D eigenvalue weighted by Crippen LogP contribution is 2.28. The van der Waals surface area contributed by atoms with Crippen molar-refractivity contribution in [2.45, 2.75) is 19.3 Å². The number of hydrogen-bond acceptors (Lipinski definition) is 5. The van der Waals surface area contributed by atoms with Crippen molar-refractivity contribution in [2.24, 2.45) is 0 Å². The fourth-order valence-corrected chi connectivity index (χ4v) is 2.35. The van der Waals surface area contributed by atoms with Gasteiger partial charge in [-0.2, -0.15) is 0 Å². The maximum atomic E-state index is 10.8. The van der Waals surface area contributed by atoms with Crippen LogP contribution < -0.4 is 4.90 Å². The summed E-state index contributed by atoms with van der Waals surface area (Å²) in [4.78, 5) is 22.3. The smallest absolute Gasteiger partial charge is 0.270 e. The lowest BCUT2D eigenvalue weighted by Crippen LogP contribution is -2.29. The van der Waals surface area contributed by atoms with Crippen LogP contribution in [0.4, 0.5) is 11.4 Å². The van der Waals surface area contributed by atoms with Crippen molar-refractivity contribution in [3.63, 3.8) is 0 Å². The lowest BCUT2D eigenvalue weighted by atomic mass is 10.1. The number of nitro groups is 2. The summed E-state index contributed by atoms with van der Waals surface area (Å²) in [5.74, 6) is 0. The second kappa shape index (κ2) is 6.14. The number of nitro benzene ring substituents is 1. The summed E-state index contributed by atoms with van der Waals surface area (Å²) >= 11 is 0. The number of rotatable bonds is 4. The van der Waals surface area contributed by atoms with Gasteiger partial charge in [0.2, 0.25) is 6.20 Å². The molecule has 1 aromatic rings. The van der Waals surface area contributed by atoms with E-state index < -0.39 is 9.85 Å². The van der Waals surface area contributed by atoms with E-state index in [-0.39, 0.29) is 5.69 Å².